The van der Waals surface area contributed by atoms with Crippen LogP contribution in [0.25, 0.3) is 0 Å². The Morgan fingerprint density at radius 2 is 2.20 bits per heavy atom. The number of likely N-dealkylation sites (tertiary alicyclic amines) is 1. The van der Waals surface area contributed by atoms with Crippen LogP contribution in [0.4, 0.5) is 0 Å². The van der Waals surface area contributed by atoms with Crippen LogP contribution in [0.1, 0.15) is 26.2 Å². The minimum atomic E-state index is 0.719. The minimum Gasteiger partial charge on any atom is -0.502 e. The van der Waals surface area contributed by atoms with E-state index in [0.29, 0.717) is 0 Å². The monoisotopic (exact) mass is 212 g/mol. The van der Waals surface area contributed by atoms with Gasteiger partial charge in [0.25, 0.3) is 0 Å². The lowest BCUT2D eigenvalue weighted by Gasteiger charge is -2.31. The first-order chi connectivity index (χ1) is 7.36. The topological polar surface area (TPSA) is 24.5 Å². The van der Waals surface area contributed by atoms with Crippen LogP contribution in [0.15, 0.2) is 12.8 Å². The van der Waals surface area contributed by atoms with E-state index in [1.54, 1.807) is 0 Å². The van der Waals surface area contributed by atoms with E-state index in [1.807, 2.05) is 0 Å². The molecule has 1 saturated heterocycles. The molecule has 0 spiro atoms. The molecule has 15 heavy (non-hydrogen) atoms. The molecule has 1 rings (SSSR count). The van der Waals surface area contributed by atoms with Gasteiger partial charge in [0.05, 0.1) is 12.9 Å². The van der Waals surface area contributed by atoms with Gasteiger partial charge in [0.2, 0.25) is 0 Å². The van der Waals surface area contributed by atoms with Crippen molar-refractivity contribution < 1.29 is 4.74 Å². The zero-order chi connectivity index (χ0) is 10.9. The van der Waals surface area contributed by atoms with Gasteiger partial charge in [-0.05, 0) is 45.4 Å². The number of hydrogen-bond acceptors (Lipinski definition) is 3. The van der Waals surface area contributed by atoms with E-state index in [1.165, 1.54) is 38.7 Å². The lowest BCUT2D eigenvalue weighted by atomic mass is 10.1. The molecule has 0 aromatic rings. The van der Waals surface area contributed by atoms with Crippen LogP contribution in [0.5, 0.6) is 0 Å². The van der Waals surface area contributed by atoms with E-state index in [9.17, 15) is 0 Å². The SMILES string of the molecule is C=COCCCNC1CCN(CC)CC1. The molecule has 0 radical (unpaired) electrons. The molecule has 0 aromatic heterocycles. The molecule has 1 fully saturated rings. The summed E-state index contributed by atoms with van der Waals surface area (Å²) in [4.78, 5) is 2.51. The fourth-order valence-electron chi connectivity index (χ4n) is 2.00. The molecule has 1 heterocycles. The van der Waals surface area contributed by atoms with Gasteiger partial charge in [0, 0.05) is 6.04 Å². The van der Waals surface area contributed by atoms with E-state index in [4.69, 9.17) is 4.74 Å². The van der Waals surface area contributed by atoms with Gasteiger partial charge in [0.15, 0.2) is 0 Å². The van der Waals surface area contributed by atoms with Crippen molar-refractivity contribution in [3.8, 4) is 0 Å². The summed E-state index contributed by atoms with van der Waals surface area (Å²) in [5.41, 5.74) is 0. The van der Waals surface area contributed by atoms with Crippen molar-refractivity contribution in [2.75, 3.05) is 32.8 Å². The van der Waals surface area contributed by atoms with E-state index in [0.717, 1.165) is 25.6 Å². The minimum absolute atomic E-state index is 0.719. The Kier molecular flexibility index (Phi) is 6.44. The number of rotatable bonds is 7. The van der Waals surface area contributed by atoms with Crippen LogP contribution in [0.2, 0.25) is 0 Å². The molecule has 0 saturated carbocycles. The molecule has 0 unspecified atom stereocenters. The highest BCUT2D eigenvalue weighted by Gasteiger charge is 2.16. The second-order valence-electron chi connectivity index (χ2n) is 4.05. The summed E-state index contributed by atoms with van der Waals surface area (Å²) >= 11 is 0. The van der Waals surface area contributed by atoms with Gasteiger partial charge in [-0.2, -0.15) is 0 Å². The smallest absolute Gasteiger partial charge is 0.0885 e. The molecule has 0 amide bonds. The summed E-state index contributed by atoms with van der Waals surface area (Å²) in [6, 6.07) is 0.719. The first-order valence-electron chi connectivity index (χ1n) is 6.05. The van der Waals surface area contributed by atoms with Gasteiger partial charge in [0.1, 0.15) is 0 Å². The average molecular weight is 212 g/mol. The van der Waals surface area contributed by atoms with Crippen LogP contribution in [-0.2, 0) is 4.74 Å². The van der Waals surface area contributed by atoms with E-state index in [2.05, 4.69) is 23.7 Å². The zero-order valence-corrected chi connectivity index (χ0v) is 9.87. The summed E-state index contributed by atoms with van der Waals surface area (Å²) in [5.74, 6) is 0. The van der Waals surface area contributed by atoms with Crippen molar-refractivity contribution in [1.82, 2.24) is 10.2 Å². The normalized spacial score (nSPS) is 19.0. The second-order valence-corrected chi connectivity index (χ2v) is 4.05. The highest BCUT2D eigenvalue weighted by atomic mass is 16.5. The van der Waals surface area contributed by atoms with Crippen molar-refractivity contribution in [3.05, 3.63) is 12.8 Å². The van der Waals surface area contributed by atoms with Gasteiger partial charge in [-0.15, -0.1) is 0 Å². The standard InChI is InChI=1S/C12H24N2O/c1-3-14-9-6-12(7-10-14)13-8-5-11-15-4-2/h4,12-13H,2-3,5-11H2,1H3. The number of ether oxygens (including phenoxy) is 1. The molecule has 0 atom stereocenters. The third-order valence-corrected chi connectivity index (χ3v) is 3.02. The van der Waals surface area contributed by atoms with Crippen LogP contribution in [0.3, 0.4) is 0 Å². The molecule has 88 valence electrons. The largest absolute Gasteiger partial charge is 0.502 e. The number of piperidine rings is 1. The van der Waals surface area contributed by atoms with Gasteiger partial charge < -0.3 is 15.0 Å². The third kappa shape index (κ3) is 5.19. The number of hydrogen-bond donors (Lipinski definition) is 1. The van der Waals surface area contributed by atoms with Crippen LogP contribution in [0, 0.1) is 0 Å². The lowest BCUT2D eigenvalue weighted by molar-refractivity contribution is 0.200. The van der Waals surface area contributed by atoms with Crippen molar-refractivity contribution >= 4 is 0 Å². The first-order valence-corrected chi connectivity index (χ1v) is 6.05. The third-order valence-electron chi connectivity index (χ3n) is 3.02. The summed E-state index contributed by atoms with van der Waals surface area (Å²) < 4.78 is 5.07. The summed E-state index contributed by atoms with van der Waals surface area (Å²) in [6.45, 7) is 11.3. The molecule has 0 aliphatic carbocycles. The zero-order valence-electron chi connectivity index (χ0n) is 9.87. The van der Waals surface area contributed by atoms with Crippen molar-refractivity contribution in [1.29, 1.82) is 0 Å². The number of nitrogens with zero attached hydrogens (tertiary/aromatic N) is 1. The Morgan fingerprint density at radius 3 is 2.80 bits per heavy atom. The van der Waals surface area contributed by atoms with Gasteiger partial charge in [-0.25, -0.2) is 0 Å². The Hall–Kier alpha value is -0.540. The molecule has 1 aliphatic heterocycles. The second kappa shape index (κ2) is 7.71. The highest BCUT2D eigenvalue weighted by Crippen LogP contribution is 2.09. The number of nitrogens with one attached hydrogen (secondary N) is 1. The van der Waals surface area contributed by atoms with Crippen LogP contribution in [-0.4, -0.2) is 43.7 Å². The average Bonchev–Trinajstić information content (AvgIpc) is 2.30. The molecule has 0 aromatic carbocycles. The molecule has 1 N–H and O–H groups in total. The maximum atomic E-state index is 5.07. The summed E-state index contributed by atoms with van der Waals surface area (Å²) in [6.07, 6.45) is 5.16. The fraction of sp³-hybridized carbons (Fsp3) is 0.833. The Morgan fingerprint density at radius 1 is 1.47 bits per heavy atom. The molecule has 3 heteroatoms. The quantitative estimate of drug-likeness (QED) is 0.512. The summed E-state index contributed by atoms with van der Waals surface area (Å²) in [7, 11) is 0. The van der Waals surface area contributed by atoms with Crippen molar-refractivity contribution in [2.45, 2.75) is 32.2 Å². The van der Waals surface area contributed by atoms with Crippen molar-refractivity contribution in [2.24, 2.45) is 0 Å². The maximum absolute atomic E-state index is 5.07. The predicted molar refractivity (Wildman–Crippen MR) is 63.9 cm³/mol. The van der Waals surface area contributed by atoms with Crippen LogP contribution < -0.4 is 5.32 Å². The van der Waals surface area contributed by atoms with Crippen molar-refractivity contribution in [3.63, 3.8) is 0 Å². The Labute approximate surface area is 93.5 Å². The van der Waals surface area contributed by atoms with E-state index >= 15 is 0 Å². The van der Waals surface area contributed by atoms with Gasteiger partial charge in [-0.3, -0.25) is 0 Å². The molecular formula is C12H24N2O. The molecule has 1 aliphatic rings. The van der Waals surface area contributed by atoms with E-state index in [-0.39, 0.29) is 0 Å². The highest BCUT2D eigenvalue weighted by molar-refractivity contribution is 4.76. The lowest BCUT2D eigenvalue weighted by Crippen LogP contribution is -2.42. The molecular weight excluding hydrogens is 188 g/mol. The Balaban J connectivity index is 1.96. The summed E-state index contributed by atoms with van der Waals surface area (Å²) in [5, 5.41) is 3.58. The molecule has 3 nitrogen and oxygen atoms in total. The van der Waals surface area contributed by atoms with Gasteiger partial charge in [-0.1, -0.05) is 13.5 Å². The van der Waals surface area contributed by atoms with Gasteiger partial charge >= 0.3 is 0 Å². The maximum Gasteiger partial charge on any atom is 0.0885 e. The fourth-order valence-corrected chi connectivity index (χ4v) is 2.00. The molecule has 0 bridgehead atoms. The van der Waals surface area contributed by atoms with Crippen LogP contribution >= 0.6 is 0 Å². The first kappa shape index (κ1) is 12.5. The Bertz CT molecular complexity index is 165. The predicted octanol–water partition coefficient (Wildman–Crippen LogP) is 1.61. The van der Waals surface area contributed by atoms with E-state index < -0.39 is 0 Å².